The number of rotatable bonds is 6. The fourth-order valence-electron chi connectivity index (χ4n) is 2.85. The molecule has 8 nitrogen and oxygen atoms in total. The fraction of sp³-hybridized carbons (Fsp3) is 0.100. The first-order valence-electron chi connectivity index (χ1n) is 8.44. The largest absolute Gasteiger partial charge is 0.500 e. The Morgan fingerprint density at radius 2 is 2.00 bits per heavy atom. The van der Waals surface area contributed by atoms with E-state index in [0.717, 1.165) is 26.9 Å². The van der Waals surface area contributed by atoms with Gasteiger partial charge in [-0.05, 0) is 28.5 Å². The maximum absolute atomic E-state index is 12.3. The van der Waals surface area contributed by atoms with E-state index < -0.39 is 16.4 Å². The Balaban J connectivity index is 1.75. The Labute approximate surface area is 174 Å². The van der Waals surface area contributed by atoms with E-state index in [1.807, 2.05) is 36.4 Å². The van der Waals surface area contributed by atoms with Crippen molar-refractivity contribution in [1.29, 1.82) is 0 Å². The van der Waals surface area contributed by atoms with Gasteiger partial charge >= 0.3 is 5.69 Å². The van der Waals surface area contributed by atoms with E-state index in [1.165, 1.54) is 19.4 Å². The van der Waals surface area contributed by atoms with Crippen LogP contribution in [0.3, 0.4) is 0 Å². The lowest BCUT2D eigenvalue weighted by Gasteiger charge is -2.07. The smallest absolute Gasteiger partial charge is 0.315 e. The number of fused-ring (bicyclic) bond motifs is 1. The van der Waals surface area contributed by atoms with Gasteiger partial charge in [0.15, 0.2) is 5.75 Å². The van der Waals surface area contributed by atoms with E-state index in [9.17, 15) is 20.0 Å². The van der Waals surface area contributed by atoms with Crippen LogP contribution in [0.5, 0.6) is 11.5 Å². The van der Waals surface area contributed by atoms with Crippen LogP contribution in [0.15, 0.2) is 58.1 Å². The van der Waals surface area contributed by atoms with Gasteiger partial charge in [0, 0.05) is 16.1 Å². The standard InChI is InChI=1S/C20H16BrN3O5/c1-29-18-9-12(8-17(20(18)26)24(27)28)11-22-23-19(25)10-13-6-7-16(21)15-5-3-2-4-14(13)15/h2-9,11,26H,10H2,1H3,(H,23,25). The van der Waals surface area contributed by atoms with Gasteiger partial charge in [-0.15, -0.1) is 0 Å². The van der Waals surface area contributed by atoms with Crippen molar-refractivity contribution in [3.63, 3.8) is 0 Å². The Bertz CT molecular complexity index is 1130. The molecule has 0 radical (unpaired) electrons. The highest BCUT2D eigenvalue weighted by atomic mass is 79.9. The number of phenolic OH excluding ortho intramolecular Hbond substituents is 1. The average Bonchev–Trinajstić information content (AvgIpc) is 2.71. The van der Waals surface area contributed by atoms with Crippen LogP contribution in [0.1, 0.15) is 11.1 Å². The summed E-state index contributed by atoms with van der Waals surface area (Å²) in [4.78, 5) is 22.6. The van der Waals surface area contributed by atoms with Gasteiger partial charge in [0.1, 0.15) is 0 Å². The predicted molar refractivity (Wildman–Crippen MR) is 112 cm³/mol. The van der Waals surface area contributed by atoms with Gasteiger partial charge in [-0.25, -0.2) is 5.43 Å². The fourth-order valence-corrected chi connectivity index (χ4v) is 3.33. The number of nitrogens with one attached hydrogen (secondary N) is 1. The minimum Gasteiger partial charge on any atom is -0.500 e. The molecule has 0 bridgehead atoms. The minimum atomic E-state index is -0.730. The lowest BCUT2D eigenvalue weighted by atomic mass is 10.0. The predicted octanol–water partition coefficient (Wildman–Crippen LogP) is 3.92. The van der Waals surface area contributed by atoms with E-state index in [2.05, 4.69) is 26.5 Å². The second-order valence-corrected chi connectivity index (χ2v) is 6.92. The zero-order valence-corrected chi connectivity index (χ0v) is 16.8. The number of halogens is 1. The third-order valence-electron chi connectivity index (χ3n) is 4.21. The van der Waals surface area contributed by atoms with E-state index in [4.69, 9.17) is 4.74 Å². The van der Waals surface area contributed by atoms with Crippen LogP contribution >= 0.6 is 15.9 Å². The van der Waals surface area contributed by atoms with Crippen molar-refractivity contribution in [1.82, 2.24) is 5.43 Å². The number of phenols is 1. The van der Waals surface area contributed by atoms with Gasteiger partial charge in [0.05, 0.1) is 24.7 Å². The summed E-state index contributed by atoms with van der Waals surface area (Å²) in [6.45, 7) is 0. The zero-order chi connectivity index (χ0) is 21.0. The van der Waals surface area contributed by atoms with Gasteiger partial charge in [-0.2, -0.15) is 5.10 Å². The van der Waals surface area contributed by atoms with E-state index >= 15 is 0 Å². The first-order chi connectivity index (χ1) is 13.9. The number of carbonyl (C=O) groups is 1. The Kier molecular flexibility index (Phi) is 6.08. The molecule has 0 unspecified atom stereocenters. The molecule has 0 heterocycles. The lowest BCUT2D eigenvalue weighted by Crippen LogP contribution is -2.20. The molecule has 3 aromatic carbocycles. The van der Waals surface area contributed by atoms with Gasteiger partial charge in [0.25, 0.3) is 0 Å². The molecule has 9 heteroatoms. The number of nitro groups is 1. The van der Waals surface area contributed by atoms with Crippen LogP contribution in [0.2, 0.25) is 0 Å². The number of hydrazone groups is 1. The maximum atomic E-state index is 12.3. The van der Waals surface area contributed by atoms with Crippen molar-refractivity contribution in [3.8, 4) is 11.5 Å². The molecule has 29 heavy (non-hydrogen) atoms. The normalized spacial score (nSPS) is 11.0. The highest BCUT2D eigenvalue weighted by Gasteiger charge is 2.19. The summed E-state index contributed by atoms with van der Waals surface area (Å²) < 4.78 is 5.87. The zero-order valence-electron chi connectivity index (χ0n) is 15.3. The number of hydrogen-bond acceptors (Lipinski definition) is 6. The summed E-state index contributed by atoms with van der Waals surface area (Å²) in [6.07, 6.45) is 1.36. The van der Waals surface area contributed by atoms with Crippen LogP contribution < -0.4 is 10.2 Å². The van der Waals surface area contributed by atoms with Crippen molar-refractivity contribution in [2.24, 2.45) is 5.10 Å². The lowest BCUT2D eigenvalue weighted by molar-refractivity contribution is -0.386. The molecule has 0 spiro atoms. The van der Waals surface area contributed by atoms with Crippen molar-refractivity contribution >= 4 is 44.5 Å². The number of methoxy groups -OCH3 is 1. The summed E-state index contributed by atoms with van der Waals surface area (Å²) in [7, 11) is 1.28. The highest BCUT2D eigenvalue weighted by Crippen LogP contribution is 2.36. The summed E-state index contributed by atoms with van der Waals surface area (Å²) in [5.74, 6) is -0.969. The quantitative estimate of drug-likeness (QED) is 0.330. The SMILES string of the molecule is COc1cc(C=NNC(=O)Cc2ccc(Br)c3ccccc23)cc([N+](=O)[O-])c1O. The molecule has 0 aliphatic carbocycles. The minimum absolute atomic E-state index is 0.0618. The summed E-state index contributed by atoms with van der Waals surface area (Å²) in [5.41, 5.74) is 3.03. The molecular formula is C20H16BrN3O5. The average molecular weight is 458 g/mol. The Morgan fingerprint density at radius 3 is 2.69 bits per heavy atom. The van der Waals surface area contributed by atoms with Crippen molar-refractivity contribution in [3.05, 3.63) is 74.2 Å². The van der Waals surface area contributed by atoms with Crippen LogP contribution in [0, 0.1) is 10.1 Å². The maximum Gasteiger partial charge on any atom is 0.315 e. The summed E-state index contributed by atoms with van der Waals surface area (Å²) in [5, 5.41) is 26.6. The molecular weight excluding hydrogens is 442 g/mol. The number of ether oxygens (including phenoxy) is 1. The third-order valence-corrected chi connectivity index (χ3v) is 4.90. The number of aromatic hydroxyl groups is 1. The summed E-state index contributed by atoms with van der Waals surface area (Å²) >= 11 is 3.50. The molecule has 0 aromatic heterocycles. The molecule has 0 saturated carbocycles. The number of nitrogens with zero attached hydrogens (tertiary/aromatic N) is 2. The molecule has 0 fully saturated rings. The molecule has 1 amide bonds. The molecule has 0 saturated heterocycles. The van der Waals surface area contributed by atoms with Gasteiger partial charge in [-0.1, -0.05) is 46.3 Å². The molecule has 3 aromatic rings. The van der Waals surface area contributed by atoms with Gasteiger partial charge in [0.2, 0.25) is 11.7 Å². The molecule has 2 N–H and O–H groups in total. The van der Waals surface area contributed by atoms with Crippen LogP contribution in [-0.4, -0.2) is 29.3 Å². The molecule has 0 atom stereocenters. The monoisotopic (exact) mass is 457 g/mol. The Morgan fingerprint density at radius 1 is 1.28 bits per heavy atom. The molecule has 0 aliphatic rings. The number of hydrogen-bond donors (Lipinski definition) is 2. The number of nitro benzene ring substituents is 1. The molecule has 0 aliphatic heterocycles. The third kappa shape index (κ3) is 4.52. The molecule has 3 rings (SSSR count). The van der Waals surface area contributed by atoms with Crippen LogP contribution in [-0.2, 0) is 11.2 Å². The Hall–Kier alpha value is -3.46. The number of amides is 1. The van der Waals surface area contributed by atoms with E-state index in [1.54, 1.807) is 0 Å². The summed E-state index contributed by atoms with van der Waals surface area (Å²) in [6, 6.07) is 14.0. The topological polar surface area (TPSA) is 114 Å². The van der Waals surface area contributed by atoms with Crippen LogP contribution in [0.4, 0.5) is 5.69 Å². The van der Waals surface area contributed by atoms with Crippen LogP contribution in [0.25, 0.3) is 10.8 Å². The van der Waals surface area contributed by atoms with Crippen molar-refractivity contribution in [2.45, 2.75) is 6.42 Å². The number of benzene rings is 3. The first kappa shape index (κ1) is 20.3. The van der Waals surface area contributed by atoms with E-state index in [0.29, 0.717) is 5.56 Å². The van der Waals surface area contributed by atoms with Crippen molar-refractivity contribution in [2.75, 3.05) is 7.11 Å². The first-order valence-corrected chi connectivity index (χ1v) is 9.23. The van der Waals surface area contributed by atoms with E-state index in [-0.39, 0.29) is 18.1 Å². The second kappa shape index (κ2) is 8.70. The van der Waals surface area contributed by atoms with Gasteiger partial charge < -0.3 is 9.84 Å². The second-order valence-electron chi connectivity index (χ2n) is 6.07. The van der Waals surface area contributed by atoms with Crippen molar-refractivity contribution < 1.29 is 19.6 Å². The molecule has 148 valence electrons. The van der Waals surface area contributed by atoms with Gasteiger partial charge in [-0.3, -0.25) is 14.9 Å². The number of carbonyl (C=O) groups excluding carboxylic acids is 1. The highest BCUT2D eigenvalue weighted by molar-refractivity contribution is 9.10.